The lowest BCUT2D eigenvalue weighted by Crippen LogP contribution is -2.44. The first-order valence-electron chi connectivity index (χ1n) is 11.1. The largest absolute Gasteiger partial charge is 0.496 e. The molecule has 1 fully saturated rings. The normalized spacial score (nSPS) is 14.9. The number of nitrogens with one attached hydrogen (secondary N) is 1. The molecule has 0 saturated carbocycles. The zero-order chi connectivity index (χ0) is 23.1. The van der Waals surface area contributed by atoms with Gasteiger partial charge in [-0.05, 0) is 37.0 Å². The summed E-state index contributed by atoms with van der Waals surface area (Å²) in [7, 11) is 3.25. The van der Waals surface area contributed by atoms with Crippen LogP contribution in [0.5, 0.6) is 17.2 Å². The molecule has 0 spiro atoms. The molecule has 0 radical (unpaired) electrons. The van der Waals surface area contributed by atoms with Gasteiger partial charge in [-0.15, -0.1) is 0 Å². The summed E-state index contributed by atoms with van der Waals surface area (Å²) in [6.07, 6.45) is 1.78. The molecule has 3 rings (SSSR count). The highest BCUT2D eigenvalue weighted by Crippen LogP contribution is 2.36. The maximum atomic E-state index is 12.9. The van der Waals surface area contributed by atoms with E-state index in [9.17, 15) is 4.79 Å². The maximum absolute atomic E-state index is 12.9. The first-order valence-corrected chi connectivity index (χ1v) is 11.4. The van der Waals surface area contributed by atoms with E-state index in [-0.39, 0.29) is 11.9 Å². The van der Waals surface area contributed by atoms with Crippen molar-refractivity contribution in [2.75, 3.05) is 33.9 Å². The monoisotopic (exact) mass is 460 g/mol. The summed E-state index contributed by atoms with van der Waals surface area (Å²) in [5.74, 6) is 2.06. The number of ether oxygens (including phenoxy) is 3. The van der Waals surface area contributed by atoms with E-state index in [2.05, 4.69) is 30.1 Å². The Bertz CT molecular complexity index is 911. The Balaban J connectivity index is 1.57. The van der Waals surface area contributed by atoms with E-state index in [1.807, 2.05) is 18.2 Å². The summed E-state index contributed by atoms with van der Waals surface area (Å²) in [4.78, 5) is 15.3. The molecule has 1 aliphatic heterocycles. The van der Waals surface area contributed by atoms with Gasteiger partial charge in [0.25, 0.3) is 5.91 Å². The number of para-hydroxylation sites is 1. The minimum Gasteiger partial charge on any atom is -0.496 e. The quantitative estimate of drug-likeness (QED) is 0.583. The molecule has 1 heterocycles. The molecule has 0 atom stereocenters. The number of methoxy groups -OCH3 is 2. The molecule has 1 aliphatic rings. The second-order valence-corrected chi connectivity index (χ2v) is 8.94. The van der Waals surface area contributed by atoms with Gasteiger partial charge in [0.15, 0.2) is 11.5 Å². The van der Waals surface area contributed by atoms with Crippen molar-refractivity contribution in [3.05, 3.63) is 52.5 Å². The van der Waals surface area contributed by atoms with Crippen molar-refractivity contribution in [3.63, 3.8) is 0 Å². The van der Waals surface area contributed by atoms with Crippen molar-refractivity contribution in [2.24, 2.45) is 5.92 Å². The summed E-state index contributed by atoms with van der Waals surface area (Å²) < 4.78 is 16.7. The van der Waals surface area contributed by atoms with Gasteiger partial charge in [0.05, 0.1) is 25.8 Å². The molecule has 1 saturated heterocycles. The van der Waals surface area contributed by atoms with Crippen molar-refractivity contribution in [3.8, 4) is 17.2 Å². The fourth-order valence-electron chi connectivity index (χ4n) is 3.82. The number of benzene rings is 2. The number of carbonyl (C=O) groups is 1. The number of hydrogen-bond donors (Lipinski definition) is 1. The molecule has 1 amide bonds. The van der Waals surface area contributed by atoms with Crippen LogP contribution in [0.4, 0.5) is 0 Å². The number of amides is 1. The average molecular weight is 461 g/mol. The van der Waals surface area contributed by atoms with E-state index in [4.69, 9.17) is 25.8 Å². The van der Waals surface area contributed by atoms with Gasteiger partial charge in [0, 0.05) is 36.8 Å². The highest BCUT2D eigenvalue weighted by molar-refractivity contribution is 6.32. The molecule has 0 aliphatic carbocycles. The van der Waals surface area contributed by atoms with Gasteiger partial charge < -0.3 is 19.5 Å². The lowest BCUT2D eigenvalue weighted by Gasteiger charge is -2.32. The van der Waals surface area contributed by atoms with Crippen molar-refractivity contribution in [2.45, 2.75) is 39.3 Å². The van der Waals surface area contributed by atoms with Crippen LogP contribution in [0, 0.1) is 5.92 Å². The van der Waals surface area contributed by atoms with E-state index in [0.29, 0.717) is 34.6 Å². The van der Waals surface area contributed by atoms with Crippen molar-refractivity contribution in [1.82, 2.24) is 10.2 Å². The van der Waals surface area contributed by atoms with E-state index in [1.165, 1.54) is 5.56 Å². The Morgan fingerprint density at radius 3 is 2.47 bits per heavy atom. The van der Waals surface area contributed by atoms with Crippen molar-refractivity contribution in [1.29, 1.82) is 0 Å². The smallest absolute Gasteiger partial charge is 0.251 e. The lowest BCUT2D eigenvalue weighted by atomic mass is 10.0. The molecule has 6 nitrogen and oxygen atoms in total. The van der Waals surface area contributed by atoms with Gasteiger partial charge >= 0.3 is 0 Å². The molecule has 0 aromatic heterocycles. The molecule has 32 heavy (non-hydrogen) atoms. The Labute approximate surface area is 195 Å². The van der Waals surface area contributed by atoms with Crippen LogP contribution in [0.25, 0.3) is 0 Å². The van der Waals surface area contributed by atoms with Crippen molar-refractivity contribution < 1.29 is 19.0 Å². The third kappa shape index (κ3) is 6.30. The predicted molar refractivity (Wildman–Crippen MR) is 127 cm³/mol. The lowest BCUT2D eigenvalue weighted by molar-refractivity contribution is 0.0908. The highest BCUT2D eigenvalue weighted by Gasteiger charge is 2.23. The molecule has 0 unspecified atom stereocenters. The van der Waals surface area contributed by atoms with Gasteiger partial charge in [0.1, 0.15) is 5.75 Å². The molecule has 2 aromatic rings. The first-order chi connectivity index (χ1) is 15.4. The fraction of sp³-hybridized carbons (Fsp3) is 0.480. The minimum absolute atomic E-state index is 0.123. The van der Waals surface area contributed by atoms with Gasteiger partial charge in [-0.2, -0.15) is 0 Å². The van der Waals surface area contributed by atoms with Crippen molar-refractivity contribution >= 4 is 17.5 Å². The molecule has 2 aromatic carbocycles. The van der Waals surface area contributed by atoms with Gasteiger partial charge in [-0.25, -0.2) is 0 Å². The van der Waals surface area contributed by atoms with Crippen LogP contribution in [-0.4, -0.2) is 50.8 Å². The topological polar surface area (TPSA) is 60.0 Å². The molecule has 7 heteroatoms. The van der Waals surface area contributed by atoms with E-state index in [0.717, 1.165) is 38.2 Å². The van der Waals surface area contributed by atoms with Gasteiger partial charge in [-0.1, -0.05) is 43.6 Å². The minimum atomic E-state index is -0.149. The average Bonchev–Trinajstić information content (AvgIpc) is 2.79. The summed E-state index contributed by atoms with van der Waals surface area (Å²) in [6, 6.07) is 11.6. The van der Waals surface area contributed by atoms with Crippen LogP contribution in [0.3, 0.4) is 0 Å². The molecular formula is C25H33ClN2O4. The van der Waals surface area contributed by atoms with E-state index in [1.54, 1.807) is 26.4 Å². The second kappa shape index (κ2) is 11.4. The Kier molecular flexibility index (Phi) is 8.65. The number of rotatable bonds is 9. The Morgan fingerprint density at radius 1 is 1.12 bits per heavy atom. The third-order valence-electron chi connectivity index (χ3n) is 5.56. The van der Waals surface area contributed by atoms with Crippen LogP contribution in [0.1, 0.15) is 42.6 Å². The number of likely N-dealkylation sites (tertiary alicyclic amines) is 1. The summed E-state index contributed by atoms with van der Waals surface area (Å²) in [6.45, 7) is 7.31. The summed E-state index contributed by atoms with van der Waals surface area (Å²) in [5, 5.41) is 3.52. The highest BCUT2D eigenvalue weighted by atomic mass is 35.5. The Hall–Kier alpha value is -2.44. The van der Waals surface area contributed by atoms with Gasteiger partial charge in [-0.3, -0.25) is 9.69 Å². The third-order valence-corrected chi connectivity index (χ3v) is 5.84. The maximum Gasteiger partial charge on any atom is 0.251 e. The molecule has 1 N–H and O–H groups in total. The van der Waals surface area contributed by atoms with Crippen LogP contribution in [0.2, 0.25) is 5.02 Å². The zero-order valence-corrected chi connectivity index (χ0v) is 20.1. The van der Waals surface area contributed by atoms with Gasteiger partial charge in [0.2, 0.25) is 0 Å². The van der Waals surface area contributed by atoms with E-state index >= 15 is 0 Å². The summed E-state index contributed by atoms with van der Waals surface area (Å²) >= 11 is 6.40. The van der Waals surface area contributed by atoms with Crippen LogP contribution < -0.4 is 19.5 Å². The number of halogens is 1. The van der Waals surface area contributed by atoms with Crippen LogP contribution >= 0.6 is 11.6 Å². The molecular weight excluding hydrogens is 428 g/mol. The predicted octanol–water partition coefficient (Wildman–Crippen LogP) is 4.79. The molecule has 0 bridgehead atoms. The van der Waals surface area contributed by atoms with Crippen LogP contribution in [-0.2, 0) is 6.54 Å². The first kappa shape index (κ1) is 24.2. The number of nitrogens with zero attached hydrogens (tertiary/aromatic N) is 1. The van der Waals surface area contributed by atoms with Crippen LogP contribution in [0.15, 0.2) is 36.4 Å². The number of hydrogen-bond acceptors (Lipinski definition) is 5. The number of piperidine rings is 1. The fourth-order valence-corrected chi connectivity index (χ4v) is 4.08. The Morgan fingerprint density at radius 2 is 1.81 bits per heavy atom. The molecule has 174 valence electrons. The SMILES string of the molecule is COc1ccccc1CN1CCC(NC(=O)c2cc(Cl)c(OCC(C)C)c(OC)c2)CC1. The number of carbonyl (C=O) groups excluding carboxylic acids is 1. The zero-order valence-electron chi connectivity index (χ0n) is 19.3. The summed E-state index contributed by atoms with van der Waals surface area (Å²) in [5.41, 5.74) is 1.65. The van der Waals surface area contributed by atoms with E-state index < -0.39 is 0 Å². The second-order valence-electron chi connectivity index (χ2n) is 8.53. The standard InChI is InChI=1S/C25H33ClN2O4/c1-17(2)16-32-24-21(26)13-19(14-23(24)31-4)25(29)27-20-9-11-28(12-10-20)15-18-7-5-6-8-22(18)30-3/h5-8,13-14,17,20H,9-12,15-16H2,1-4H3,(H,27,29).